The number of benzene rings is 1. The number of hydrogen-bond acceptors (Lipinski definition) is 3. The van der Waals surface area contributed by atoms with Gasteiger partial charge in [0.15, 0.2) is 5.78 Å². The summed E-state index contributed by atoms with van der Waals surface area (Å²) in [6.07, 6.45) is 1.99. The van der Waals surface area contributed by atoms with Gasteiger partial charge in [-0.15, -0.1) is 0 Å². The van der Waals surface area contributed by atoms with E-state index in [4.69, 9.17) is 4.74 Å². The molecule has 0 fully saturated rings. The Balaban J connectivity index is 2.48. The monoisotopic (exact) mass is 326 g/mol. The van der Waals surface area contributed by atoms with E-state index in [0.29, 0.717) is 12.2 Å². The Morgan fingerprint density at radius 3 is 2.47 bits per heavy atom. The highest BCUT2D eigenvalue weighted by atomic mass is 79.9. The Kier molecular flexibility index (Phi) is 6.78. The zero-order valence-electron chi connectivity index (χ0n) is 11.3. The van der Waals surface area contributed by atoms with Crippen molar-refractivity contribution in [2.75, 3.05) is 6.61 Å². The maximum atomic E-state index is 12.1. The average molecular weight is 327 g/mol. The second-order valence-corrected chi connectivity index (χ2v) is 5.47. The van der Waals surface area contributed by atoms with Crippen LogP contribution in [0.4, 0.5) is 0 Å². The Morgan fingerprint density at radius 2 is 1.89 bits per heavy atom. The fourth-order valence-corrected chi connectivity index (χ4v) is 1.89. The average Bonchev–Trinajstić information content (AvgIpc) is 2.39. The predicted octanol–water partition coefficient (Wildman–Crippen LogP) is 4.00. The molecule has 3 nitrogen and oxygen atoms in total. The summed E-state index contributed by atoms with van der Waals surface area (Å²) in [5, 5.41) is 0. The molecular formula is C15H19BrO3. The highest BCUT2D eigenvalue weighted by Gasteiger charge is 2.19. The molecule has 0 amide bonds. The van der Waals surface area contributed by atoms with Gasteiger partial charge in [0, 0.05) is 16.0 Å². The van der Waals surface area contributed by atoms with Gasteiger partial charge in [-0.1, -0.05) is 48.3 Å². The zero-order valence-corrected chi connectivity index (χ0v) is 12.9. The first-order chi connectivity index (χ1) is 9.04. The van der Waals surface area contributed by atoms with Crippen LogP contribution in [0.1, 0.15) is 43.5 Å². The lowest BCUT2D eigenvalue weighted by Gasteiger charge is -2.10. The van der Waals surface area contributed by atoms with Crippen molar-refractivity contribution in [3.8, 4) is 0 Å². The lowest BCUT2D eigenvalue weighted by molar-refractivity contribution is -0.144. The van der Waals surface area contributed by atoms with Crippen LogP contribution in [0.5, 0.6) is 0 Å². The molecule has 4 heteroatoms. The summed E-state index contributed by atoms with van der Waals surface area (Å²) in [7, 11) is 0. The van der Waals surface area contributed by atoms with E-state index in [9.17, 15) is 9.59 Å². The molecule has 104 valence electrons. The van der Waals surface area contributed by atoms with Crippen molar-refractivity contribution in [1.82, 2.24) is 0 Å². The predicted molar refractivity (Wildman–Crippen MR) is 78.1 cm³/mol. The molecule has 1 aromatic carbocycles. The summed E-state index contributed by atoms with van der Waals surface area (Å²) in [6.45, 7) is 4.23. The number of rotatable bonds is 7. The summed E-state index contributed by atoms with van der Waals surface area (Å²) in [6, 6.07) is 7.15. The van der Waals surface area contributed by atoms with Gasteiger partial charge in [-0.25, -0.2) is 0 Å². The van der Waals surface area contributed by atoms with E-state index in [1.807, 2.05) is 19.1 Å². The van der Waals surface area contributed by atoms with Gasteiger partial charge >= 0.3 is 5.97 Å². The number of Topliss-reactive ketones (excluding diaryl/α,β-unsaturated/α-hetero) is 1. The van der Waals surface area contributed by atoms with Crippen LogP contribution in [0.3, 0.4) is 0 Å². The minimum Gasteiger partial charge on any atom is -0.466 e. The minimum atomic E-state index is -0.352. The van der Waals surface area contributed by atoms with Gasteiger partial charge in [-0.2, -0.15) is 0 Å². The van der Waals surface area contributed by atoms with E-state index in [-0.39, 0.29) is 24.1 Å². The van der Waals surface area contributed by atoms with Crippen molar-refractivity contribution >= 4 is 27.7 Å². The van der Waals surface area contributed by atoms with Crippen molar-refractivity contribution in [3.05, 3.63) is 34.3 Å². The van der Waals surface area contributed by atoms with E-state index in [1.165, 1.54) is 0 Å². The highest BCUT2D eigenvalue weighted by molar-refractivity contribution is 9.10. The Hall–Kier alpha value is -1.16. The van der Waals surface area contributed by atoms with Gasteiger partial charge in [-0.3, -0.25) is 9.59 Å². The molecule has 0 aromatic heterocycles. The van der Waals surface area contributed by atoms with Crippen molar-refractivity contribution in [1.29, 1.82) is 0 Å². The van der Waals surface area contributed by atoms with Crippen LogP contribution in [0, 0.1) is 5.92 Å². The summed E-state index contributed by atoms with van der Waals surface area (Å²) in [5.41, 5.74) is 0.622. The number of ketones is 1. The van der Waals surface area contributed by atoms with Crippen molar-refractivity contribution in [2.45, 2.75) is 33.1 Å². The third-order valence-corrected chi connectivity index (χ3v) is 3.34. The first-order valence-electron chi connectivity index (χ1n) is 6.50. The molecule has 0 aliphatic rings. The van der Waals surface area contributed by atoms with Gasteiger partial charge in [0.2, 0.25) is 0 Å². The minimum absolute atomic E-state index is 0.0278. The highest BCUT2D eigenvalue weighted by Crippen LogP contribution is 2.16. The lowest BCUT2D eigenvalue weighted by Crippen LogP contribution is -2.17. The fourth-order valence-electron chi connectivity index (χ4n) is 1.63. The first-order valence-corrected chi connectivity index (χ1v) is 7.29. The molecule has 1 rings (SSSR count). The van der Waals surface area contributed by atoms with Crippen LogP contribution in [-0.2, 0) is 9.53 Å². The molecule has 0 saturated carbocycles. The van der Waals surface area contributed by atoms with E-state index >= 15 is 0 Å². The largest absolute Gasteiger partial charge is 0.466 e. The van der Waals surface area contributed by atoms with Crippen LogP contribution in [0.15, 0.2) is 28.7 Å². The molecule has 0 spiro atoms. The number of hydrogen-bond donors (Lipinski definition) is 0. The zero-order chi connectivity index (χ0) is 14.3. The summed E-state index contributed by atoms with van der Waals surface area (Å²) in [4.78, 5) is 23.6. The maximum Gasteiger partial charge on any atom is 0.306 e. The molecule has 0 radical (unpaired) electrons. The Bertz CT molecular complexity index is 426. The molecule has 1 aromatic rings. The van der Waals surface area contributed by atoms with Crippen LogP contribution in [-0.4, -0.2) is 18.4 Å². The second kappa shape index (κ2) is 8.10. The summed E-state index contributed by atoms with van der Waals surface area (Å²) < 4.78 is 5.99. The number of ether oxygens (including phenoxy) is 1. The molecular weight excluding hydrogens is 308 g/mol. The topological polar surface area (TPSA) is 43.4 Å². The molecule has 1 atom stereocenters. The standard InChI is InChI=1S/C15H19BrO3/c1-3-4-9-19-14(17)10-11(2)15(18)12-5-7-13(16)8-6-12/h5-8,11H,3-4,9-10H2,1-2H3. The fraction of sp³-hybridized carbons (Fsp3) is 0.467. The molecule has 0 bridgehead atoms. The maximum absolute atomic E-state index is 12.1. The summed E-state index contributed by atoms with van der Waals surface area (Å²) >= 11 is 3.32. The van der Waals surface area contributed by atoms with Gasteiger partial charge in [0.05, 0.1) is 13.0 Å². The van der Waals surface area contributed by atoms with Gasteiger partial charge < -0.3 is 4.74 Å². The number of unbranched alkanes of at least 4 members (excludes halogenated alkanes) is 1. The quantitative estimate of drug-likeness (QED) is 0.432. The van der Waals surface area contributed by atoms with Crippen molar-refractivity contribution < 1.29 is 14.3 Å². The molecule has 19 heavy (non-hydrogen) atoms. The smallest absolute Gasteiger partial charge is 0.306 e. The first kappa shape index (κ1) is 15.9. The van der Waals surface area contributed by atoms with E-state index < -0.39 is 0 Å². The van der Waals surface area contributed by atoms with E-state index in [0.717, 1.165) is 17.3 Å². The normalized spacial score (nSPS) is 11.9. The SMILES string of the molecule is CCCCOC(=O)CC(C)C(=O)c1ccc(Br)cc1. The number of esters is 1. The van der Waals surface area contributed by atoms with Crippen LogP contribution < -0.4 is 0 Å². The third-order valence-electron chi connectivity index (χ3n) is 2.81. The molecule has 0 N–H and O–H groups in total. The third kappa shape index (κ3) is 5.55. The Morgan fingerprint density at radius 1 is 1.26 bits per heavy atom. The molecule has 1 unspecified atom stereocenters. The Labute approximate surface area is 122 Å². The van der Waals surface area contributed by atoms with E-state index in [2.05, 4.69) is 15.9 Å². The molecule has 0 heterocycles. The second-order valence-electron chi connectivity index (χ2n) is 4.55. The number of halogens is 1. The molecule has 0 aliphatic heterocycles. The van der Waals surface area contributed by atoms with Crippen LogP contribution in [0.2, 0.25) is 0 Å². The van der Waals surface area contributed by atoms with Crippen molar-refractivity contribution in [2.24, 2.45) is 5.92 Å². The number of carbonyl (C=O) groups is 2. The lowest BCUT2D eigenvalue weighted by atomic mass is 9.96. The molecule has 0 saturated heterocycles. The summed E-state index contributed by atoms with van der Waals surface area (Å²) in [5.74, 6) is -0.679. The van der Waals surface area contributed by atoms with Gasteiger partial charge in [-0.05, 0) is 18.6 Å². The van der Waals surface area contributed by atoms with Gasteiger partial charge in [0.1, 0.15) is 0 Å². The van der Waals surface area contributed by atoms with E-state index in [1.54, 1.807) is 19.1 Å². The van der Waals surface area contributed by atoms with Crippen LogP contribution >= 0.6 is 15.9 Å². The van der Waals surface area contributed by atoms with Crippen LogP contribution in [0.25, 0.3) is 0 Å². The van der Waals surface area contributed by atoms with Gasteiger partial charge in [0.25, 0.3) is 0 Å². The van der Waals surface area contributed by atoms with Crippen molar-refractivity contribution in [3.63, 3.8) is 0 Å². The molecule has 0 aliphatic carbocycles. The number of carbonyl (C=O) groups excluding carboxylic acids is 2.